The van der Waals surface area contributed by atoms with Crippen molar-refractivity contribution in [2.75, 3.05) is 7.11 Å². The van der Waals surface area contributed by atoms with Gasteiger partial charge in [-0.3, -0.25) is 0 Å². The van der Waals surface area contributed by atoms with E-state index >= 15 is 0 Å². The molecule has 0 unspecified atom stereocenters. The van der Waals surface area contributed by atoms with Gasteiger partial charge in [-0.25, -0.2) is 4.79 Å². The van der Waals surface area contributed by atoms with Crippen molar-refractivity contribution in [2.24, 2.45) is 0 Å². The number of rotatable bonds is 3. The number of carbonyl (C=O) groups is 1. The summed E-state index contributed by atoms with van der Waals surface area (Å²) in [6.07, 6.45) is -0.718. The van der Waals surface area contributed by atoms with E-state index in [1.54, 1.807) is 6.07 Å². The summed E-state index contributed by atoms with van der Waals surface area (Å²) in [6, 6.07) is 15.4. The first-order chi connectivity index (χ1) is 9.24. The molecule has 3 nitrogen and oxygen atoms in total. The van der Waals surface area contributed by atoms with Crippen LogP contribution in [0, 0.1) is 0 Å². The molecule has 0 fully saturated rings. The highest BCUT2D eigenvalue weighted by Gasteiger charge is 2.10. The third-order valence-electron chi connectivity index (χ3n) is 2.67. The molecule has 98 valence electrons. The Balaban J connectivity index is 2.35. The molecule has 0 saturated carbocycles. The molecule has 0 bridgehead atoms. The second kappa shape index (κ2) is 6.38. The van der Waals surface area contributed by atoms with Gasteiger partial charge in [0.25, 0.3) is 0 Å². The molecule has 2 aromatic carbocycles. The van der Waals surface area contributed by atoms with Crippen molar-refractivity contribution in [3.8, 4) is 16.9 Å². The van der Waals surface area contributed by atoms with Crippen molar-refractivity contribution < 1.29 is 14.3 Å². The quantitative estimate of drug-likeness (QED) is 0.478. The van der Waals surface area contributed by atoms with Gasteiger partial charge in [-0.05, 0) is 17.2 Å². The molecule has 0 heterocycles. The lowest BCUT2D eigenvalue weighted by Crippen LogP contribution is -2.07. The van der Waals surface area contributed by atoms with Gasteiger partial charge in [-0.2, -0.15) is 0 Å². The van der Waals surface area contributed by atoms with Crippen LogP contribution in [0.1, 0.15) is 5.56 Å². The van der Waals surface area contributed by atoms with Gasteiger partial charge in [-0.1, -0.05) is 58.4 Å². The fraction of sp³-hybridized carbons (Fsp3) is 0.133. The molecule has 19 heavy (non-hydrogen) atoms. The van der Waals surface area contributed by atoms with Crippen LogP contribution >= 0.6 is 15.9 Å². The fourth-order valence-electron chi connectivity index (χ4n) is 1.70. The maximum absolute atomic E-state index is 11.2. The highest BCUT2D eigenvalue weighted by atomic mass is 79.9. The number of halogens is 1. The van der Waals surface area contributed by atoms with E-state index < -0.39 is 6.16 Å². The minimum atomic E-state index is -0.718. The fourth-order valence-corrected chi connectivity index (χ4v) is 2.07. The number of alkyl halides is 1. The van der Waals surface area contributed by atoms with Crippen LogP contribution in [0.25, 0.3) is 11.1 Å². The molecule has 0 aliphatic rings. The molecule has 0 aromatic heterocycles. The molecule has 0 aliphatic heterocycles. The second-order valence-electron chi connectivity index (χ2n) is 3.88. The Kier molecular flexibility index (Phi) is 4.58. The summed E-state index contributed by atoms with van der Waals surface area (Å²) in [4.78, 5) is 11.2. The number of para-hydroxylation sites is 1. The predicted molar refractivity (Wildman–Crippen MR) is 77.5 cm³/mol. The minimum absolute atomic E-state index is 0.487. The van der Waals surface area contributed by atoms with Crippen molar-refractivity contribution in [1.82, 2.24) is 0 Å². The van der Waals surface area contributed by atoms with Gasteiger partial charge in [0.2, 0.25) is 0 Å². The summed E-state index contributed by atoms with van der Waals surface area (Å²) in [5, 5.41) is 0.813. The van der Waals surface area contributed by atoms with Crippen molar-refractivity contribution in [1.29, 1.82) is 0 Å². The van der Waals surface area contributed by atoms with E-state index in [0.29, 0.717) is 5.75 Å². The average Bonchev–Trinajstić information content (AvgIpc) is 2.48. The molecule has 2 rings (SSSR count). The zero-order valence-electron chi connectivity index (χ0n) is 10.4. The molecule has 0 N–H and O–H groups in total. The van der Waals surface area contributed by atoms with E-state index in [1.165, 1.54) is 12.7 Å². The van der Waals surface area contributed by atoms with Gasteiger partial charge in [0.1, 0.15) is 5.75 Å². The Hall–Kier alpha value is -1.81. The van der Waals surface area contributed by atoms with E-state index in [-0.39, 0.29) is 0 Å². The Labute approximate surface area is 120 Å². The second-order valence-corrected chi connectivity index (χ2v) is 4.44. The van der Waals surface area contributed by atoms with Crippen LogP contribution in [-0.2, 0) is 10.1 Å². The van der Waals surface area contributed by atoms with Crippen molar-refractivity contribution >= 4 is 22.1 Å². The van der Waals surface area contributed by atoms with Crippen LogP contribution < -0.4 is 4.74 Å². The molecule has 0 atom stereocenters. The molecule has 0 amide bonds. The van der Waals surface area contributed by atoms with E-state index in [0.717, 1.165) is 16.5 Å². The Morgan fingerprint density at radius 2 is 1.79 bits per heavy atom. The highest BCUT2D eigenvalue weighted by Crippen LogP contribution is 2.30. The predicted octanol–water partition coefficient (Wildman–Crippen LogP) is 4.39. The van der Waals surface area contributed by atoms with Crippen molar-refractivity contribution in [3.63, 3.8) is 0 Å². The Morgan fingerprint density at radius 3 is 2.42 bits per heavy atom. The summed E-state index contributed by atoms with van der Waals surface area (Å²) >= 11 is 3.41. The van der Waals surface area contributed by atoms with E-state index in [4.69, 9.17) is 4.74 Å². The molecule has 0 radical (unpaired) electrons. The van der Waals surface area contributed by atoms with Gasteiger partial charge in [-0.15, -0.1) is 0 Å². The average molecular weight is 321 g/mol. The lowest BCUT2D eigenvalue weighted by atomic mass is 10.0. The third kappa shape index (κ3) is 3.35. The first-order valence-electron chi connectivity index (χ1n) is 5.74. The highest BCUT2D eigenvalue weighted by molar-refractivity contribution is 9.08. The maximum Gasteiger partial charge on any atom is 0.513 e. The van der Waals surface area contributed by atoms with Crippen LogP contribution in [-0.4, -0.2) is 13.3 Å². The molecule has 0 aliphatic carbocycles. The molecular weight excluding hydrogens is 308 g/mol. The molecular formula is C15H13BrO3. The third-order valence-corrected chi connectivity index (χ3v) is 3.31. The minimum Gasteiger partial charge on any atom is -0.437 e. The first-order valence-corrected chi connectivity index (χ1v) is 6.87. The topological polar surface area (TPSA) is 35.5 Å². The number of benzene rings is 2. The van der Waals surface area contributed by atoms with Gasteiger partial charge in [0.15, 0.2) is 0 Å². The summed E-state index contributed by atoms with van der Waals surface area (Å²) in [6.45, 7) is 0. The number of hydrogen-bond donors (Lipinski definition) is 0. The summed E-state index contributed by atoms with van der Waals surface area (Å²) in [5.74, 6) is 0.487. The Morgan fingerprint density at radius 1 is 1.11 bits per heavy atom. The maximum atomic E-state index is 11.2. The van der Waals surface area contributed by atoms with Gasteiger partial charge < -0.3 is 9.47 Å². The summed E-state index contributed by atoms with van der Waals surface area (Å²) < 4.78 is 9.65. The van der Waals surface area contributed by atoms with Gasteiger partial charge >= 0.3 is 6.16 Å². The number of carbonyl (C=O) groups excluding carboxylic acids is 1. The van der Waals surface area contributed by atoms with E-state index in [2.05, 4.69) is 20.7 Å². The molecule has 4 heteroatoms. The van der Waals surface area contributed by atoms with Crippen LogP contribution in [0.2, 0.25) is 0 Å². The van der Waals surface area contributed by atoms with E-state index in [9.17, 15) is 4.79 Å². The van der Waals surface area contributed by atoms with E-state index in [1.807, 2.05) is 42.5 Å². The lowest BCUT2D eigenvalue weighted by molar-refractivity contribution is 0.121. The summed E-state index contributed by atoms with van der Waals surface area (Å²) in [5.41, 5.74) is 3.04. The number of ether oxygens (including phenoxy) is 2. The zero-order chi connectivity index (χ0) is 13.7. The number of hydrogen-bond acceptors (Lipinski definition) is 3. The number of methoxy groups -OCH3 is 1. The van der Waals surface area contributed by atoms with Gasteiger partial charge in [0.05, 0.1) is 7.11 Å². The van der Waals surface area contributed by atoms with Crippen LogP contribution in [0.15, 0.2) is 48.5 Å². The van der Waals surface area contributed by atoms with Gasteiger partial charge in [0, 0.05) is 10.9 Å². The molecule has 0 saturated heterocycles. The lowest BCUT2D eigenvalue weighted by Gasteiger charge is -2.09. The SMILES string of the molecule is COC(=O)Oc1ccccc1-c1ccc(CBr)cc1. The normalized spacial score (nSPS) is 10.0. The first kappa shape index (κ1) is 13.6. The smallest absolute Gasteiger partial charge is 0.437 e. The largest absolute Gasteiger partial charge is 0.513 e. The van der Waals surface area contributed by atoms with Crippen molar-refractivity contribution in [2.45, 2.75) is 5.33 Å². The van der Waals surface area contributed by atoms with Crippen LogP contribution in [0.4, 0.5) is 4.79 Å². The standard InChI is InChI=1S/C15H13BrO3/c1-18-15(17)19-14-5-3-2-4-13(14)12-8-6-11(10-16)7-9-12/h2-9H,10H2,1H3. The molecule has 2 aromatic rings. The van der Waals surface area contributed by atoms with Crippen LogP contribution in [0.5, 0.6) is 5.75 Å². The van der Waals surface area contributed by atoms with Crippen LogP contribution in [0.3, 0.4) is 0 Å². The summed E-state index contributed by atoms with van der Waals surface area (Å²) in [7, 11) is 1.29. The Bertz CT molecular complexity index is 564. The monoisotopic (exact) mass is 320 g/mol. The molecule has 0 spiro atoms. The van der Waals surface area contributed by atoms with Crippen molar-refractivity contribution in [3.05, 3.63) is 54.1 Å². The zero-order valence-corrected chi connectivity index (χ0v) is 12.0.